The zero-order valence-electron chi connectivity index (χ0n) is 6.98. The van der Waals surface area contributed by atoms with E-state index < -0.39 is 6.49 Å². The molecule has 12 heavy (non-hydrogen) atoms. The van der Waals surface area contributed by atoms with Crippen LogP contribution in [0, 0.1) is 0 Å². The number of esters is 1. The zero-order valence-corrected chi connectivity index (χ0v) is 8.69. The van der Waals surface area contributed by atoms with Gasteiger partial charge in [-0.1, -0.05) is 0 Å². The van der Waals surface area contributed by atoms with E-state index in [4.69, 9.17) is 25.6 Å². The predicted octanol–water partition coefficient (Wildman–Crippen LogP) is 0.904. The SMILES string of the molecule is COP(=S)(CC1CC(=O)O1)OC. The van der Waals surface area contributed by atoms with Gasteiger partial charge in [-0.15, -0.1) is 0 Å². The molecule has 0 aromatic carbocycles. The molecule has 6 heteroatoms. The van der Waals surface area contributed by atoms with E-state index in [0.29, 0.717) is 12.6 Å². The Morgan fingerprint density at radius 3 is 2.50 bits per heavy atom. The molecule has 0 bridgehead atoms. The second-order valence-electron chi connectivity index (χ2n) is 2.47. The first-order valence-corrected chi connectivity index (χ1v) is 6.32. The van der Waals surface area contributed by atoms with Crippen LogP contribution in [0.1, 0.15) is 6.42 Å². The van der Waals surface area contributed by atoms with Crippen molar-refractivity contribution in [1.82, 2.24) is 0 Å². The van der Waals surface area contributed by atoms with Gasteiger partial charge in [-0.2, -0.15) is 0 Å². The van der Waals surface area contributed by atoms with Crippen molar-refractivity contribution in [2.45, 2.75) is 12.5 Å². The van der Waals surface area contributed by atoms with E-state index in [9.17, 15) is 4.79 Å². The van der Waals surface area contributed by atoms with Gasteiger partial charge in [0, 0.05) is 14.2 Å². The van der Waals surface area contributed by atoms with E-state index in [1.54, 1.807) is 0 Å². The predicted molar refractivity (Wildman–Crippen MR) is 47.7 cm³/mol. The number of cyclic esters (lactones) is 1. The summed E-state index contributed by atoms with van der Waals surface area (Å²) in [5, 5.41) is 0. The maximum absolute atomic E-state index is 10.4. The summed E-state index contributed by atoms with van der Waals surface area (Å²) in [6, 6.07) is 0. The topological polar surface area (TPSA) is 44.8 Å². The molecular weight excluding hydrogens is 199 g/mol. The van der Waals surface area contributed by atoms with Crippen LogP contribution in [-0.4, -0.2) is 32.5 Å². The van der Waals surface area contributed by atoms with Crippen molar-refractivity contribution in [2.24, 2.45) is 0 Å². The molecule has 0 aromatic rings. The first kappa shape index (κ1) is 10.1. The fourth-order valence-electron chi connectivity index (χ4n) is 0.937. The lowest BCUT2D eigenvalue weighted by Crippen LogP contribution is -2.35. The van der Waals surface area contributed by atoms with Crippen molar-refractivity contribution in [1.29, 1.82) is 0 Å². The largest absolute Gasteiger partial charge is 0.461 e. The van der Waals surface area contributed by atoms with Crippen molar-refractivity contribution in [2.75, 3.05) is 20.4 Å². The molecule has 1 heterocycles. The molecule has 0 radical (unpaired) electrons. The van der Waals surface area contributed by atoms with Gasteiger partial charge in [-0.05, 0) is 11.8 Å². The Morgan fingerprint density at radius 2 is 2.17 bits per heavy atom. The third kappa shape index (κ3) is 2.26. The first-order chi connectivity index (χ1) is 5.59. The van der Waals surface area contributed by atoms with E-state index in [0.717, 1.165) is 0 Å². The summed E-state index contributed by atoms with van der Waals surface area (Å²) in [7, 11) is 3.04. The highest BCUT2D eigenvalue weighted by Gasteiger charge is 2.33. The van der Waals surface area contributed by atoms with Gasteiger partial charge >= 0.3 is 5.97 Å². The zero-order chi connectivity index (χ0) is 9.19. The van der Waals surface area contributed by atoms with Crippen molar-refractivity contribution in [3.8, 4) is 0 Å². The molecule has 1 fully saturated rings. The van der Waals surface area contributed by atoms with Crippen molar-refractivity contribution >= 4 is 24.3 Å². The van der Waals surface area contributed by atoms with Crippen LogP contribution in [0.5, 0.6) is 0 Å². The van der Waals surface area contributed by atoms with E-state index in [-0.39, 0.29) is 12.1 Å². The van der Waals surface area contributed by atoms with Gasteiger partial charge in [0.1, 0.15) is 6.10 Å². The summed E-state index contributed by atoms with van der Waals surface area (Å²) in [5.41, 5.74) is 0. The van der Waals surface area contributed by atoms with Crippen molar-refractivity contribution in [3.05, 3.63) is 0 Å². The molecule has 1 unspecified atom stereocenters. The smallest absolute Gasteiger partial charge is 0.309 e. The fraction of sp³-hybridized carbons (Fsp3) is 0.833. The lowest BCUT2D eigenvalue weighted by Gasteiger charge is -2.29. The molecular formula is C6H11O4PS. The number of carbonyl (C=O) groups excluding carboxylic acids is 1. The minimum absolute atomic E-state index is 0.0942. The molecule has 1 aliphatic heterocycles. The molecule has 0 aliphatic carbocycles. The third-order valence-corrected chi connectivity index (χ3v) is 4.98. The Hall–Kier alpha value is 0.0400. The number of hydrogen-bond acceptors (Lipinski definition) is 5. The molecule has 0 N–H and O–H groups in total. The third-order valence-electron chi connectivity index (χ3n) is 1.68. The Morgan fingerprint density at radius 1 is 1.67 bits per heavy atom. The Kier molecular flexibility index (Phi) is 3.23. The lowest BCUT2D eigenvalue weighted by molar-refractivity contribution is -0.167. The van der Waals surface area contributed by atoms with E-state index in [1.807, 2.05) is 0 Å². The van der Waals surface area contributed by atoms with Gasteiger partial charge in [0.2, 0.25) is 0 Å². The molecule has 1 saturated heterocycles. The second kappa shape index (κ2) is 3.83. The number of carbonyl (C=O) groups is 1. The van der Waals surface area contributed by atoms with Gasteiger partial charge < -0.3 is 13.8 Å². The summed E-state index contributed by atoms with van der Waals surface area (Å²) in [6.45, 7) is -2.17. The lowest BCUT2D eigenvalue weighted by atomic mass is 10.2. The minimum atomic E-state index is -2.17. The fourth-order valence-corrected chi connectivity index (χ4v) is 2.59. The van der Waals surface area contributed by atoms with Gasteiger partial charge in [0.05, 0.1) is 12.6 Å². The molecule has 1 aliphatic rings. The first-order valence-electron chi connectivity index (χ1n) is 3.49. The van der Waals surface area contributed by atoms with Crippen LogP contribution < -0.4 is 0 Å². The van der Waals surface area contributed by atoms with E-state index in [2.05, 4.69) is 0 Å². The minimum Gasteiger partial charge on any atom is -0.461 e. The summed E-state index contributed by atoms with van der Waals surface area (Å²) in [6.07, 6.45) is 0.856. The average Bonchev–Trinajstić information content (AvgIpc) is 2.02. The van der Waals surface area contributed by atoms with Crippen LogP contribution in [-0.2, 0) is 30.4 Å². The molecule has 0 saturated carbocycles. The van der Waals surface area contributed by atoms with Crippen LogP contribution in [0.3, 0.4) is 0 Å². The Balaban J connectivity index is 2.39. The van der Waals surface area contributed by atoms with Crippen LogP contribution >= 0.6 is 6.49 Å². The Labute approximate surface area is 76.4 Å². The van der Waals surface area contributed by atoms with Crippen LogP contribution in [0.25, 0.3) is 0 Å². The van der Waals surface area contributed by atoms with E-state index >= 15 is 0 Å². The molecule has 70 valence electrons. The number of ether oxygens (including phenoxy) is 1. The number of hydrogen-bond donors (Lipinski definition) is 0. The average molecular weight is 210 g/mol. The highest BCUT2D eigenvalue weighted by molar-refractivity contribution is 8.09. The molecule has 1 atom stereocenters. The van der Waals surface area contributed by atoms with Gasteiger partial charge in [-0.3, -0.25) is 4.79 Å². The van der Waals surface area contributed by atoms with Crippen LogP contribution in [0.2, 0.25) is 0 Å². The van der Waals surface area contributed by atoms with Crippen molar-refractivity contribution < 1.29 is 18.6 Å². The summed E-state index contributed by atoms with van der Waals surface area (Å²) >= 11 is 5.09. The standard InChI is InChI=1S/C6H11O4PS/c1-8-11(12,9-2)4-5-3-6(7)10-5/h5H,3-4H2,1-2H3. The van der Waals surface area contributed by atoms with Crippen molar-refractivity contribution in [3.63, 3.8) is 0 Å². The monoisotopic (exact) mass is 210 g/mol. The Bertz CT molecular complexity index is 214. The molecule has 0 amide bonds. The second-order valence-corrected chi connectivity index (χ2v) is 6.46. The summed E-state index contributed by atoms with van der Waals surface area (Å²) in [5.74, 6) is -0.172. The van der Waals surface area contributed by atoms with Crippen LogP contribution in [0.4, 0.5) is 0 Å². The highest BCUT2D eigenvalue weighted by atomic mass is 32.5. The normalized spacial score (nSPS) is 23.2. The van der Waals surface area contributed by atoms with Gasteiger partial charge in [-0.25, -0.2) is 0 Å². The number of rotatable bonds is 4. The maximum atomic E-state index is 10.4. The summed E-state index contributed by atoms with van der Waals surface area (Å²) < 4.78 is 14.9. The molecule has 4 nitrogen and oxygen atoms in total. The van der Waals surface area contributed by atoms with Gasteiger partial charge in [0.25, 0.3) is 0 Å². The highest BCUT2D eigenvalue weighted by Crippen LogP contribution is 2.48. The quantitative estimate of drug-likeness (QED) is 0.509. The maximum Gasteiger partial charge on any atom is 0.309 e. The molecule has 1 rings (SSSR count). The van der Waals surface area contributed by atoms with Crippen LogP contribution in [0.15, 0.2) is 0 Å². The summed E-state index contributed by atoms with van der Waals surface area (Å²) in [4.78, 5) is 10.4. The molecule has 0 aromatic heterocycles. The van der Waals surface area contributed by atoms with E-state index in [1.165, 1.54) is 14.2 Å². The van der Waals surface area contributed by atoms with Gasteiger partial charge in [0.15, 0.2) is 6.49 Å². The molecule has 0 spiro atoms.